The van der Waals surface area contributed by atoms with Gasteiger partial charge in [-0.2, -0.15) is 0 Å². The van der Waals surface area contributed by atoms with Crippen LogP contribution in [-0.2, 0) is 16.1 Å². The summed E-state index contributed by atoms with van der Waals surface area (Å²) in [6, 6.07) is 10.7. The summed E-state index contributed by atoms with van der Waals surface area (Å²) < 4.78 is 5.42. The number of rotatable bonds is 9. The van der Waals surface area contributed by atoms with E-state index >= 15 is 0 Å². The predicted octanol–water partition coefficient (Wildman–Crippen LogP) is 4.64. The van der Waals surface area contributed by atoms with E-state index in [0.29, 0.717) is 5.76 Å². The lowest BCUT2D eigenvalue weighted by molar-refractivity contribution is -0.130. The summed E-state index contributed by atoms with van der Waals surface area (Å²) >= 11 is 0. The molecule has 30 heavy (non-hydrogen) atoms. The summed E-state index contributed by atoms with van der Waals surface area (Å²) in [5, 5.41) is 10.6. The van der Waals surface area contributed by atoms with Gasteiger partial charge in [-0.15, -0.1) is 0 Å². The van der Waals surface area contributed by atoms with Crippen LogP contribution < -0.4 is 4.90 Å². The van der Waals surface area contributed by atoms with E-state index in [2.05, 4.69) is 18.7 Å². The number of aliphatic hydroxyl groups excluding tert-OH is 1. The lowest BCUT2D eigenvalue weighted by Gasteiger charge is -2.27. The molecule has 3 rings (SSSR count). The zero-order valence-electron chi connectivity index (χ0n) is 18.1. The Hall–Kier alpha value is -3.02. The smallest absolute Gasteiger partial charge is 0.290 e. The Bertz CT molecular complexity index is 909. The van der Waals surface area contributed by atoms with Crippen LogP contribution in [0.3, 0.4) is 0 Å². The molecule has 1 aliphatic heterocycles. The minimum absolute atomic E-state index is 0.123. The van der Waals surface area contributed by atoms with Crippen molar-refractivity contribution >= 4 is 17.4 Å². The normalized spacial score (nSPS) is 16.6. The molecule has 0 spiro atoms. The number of nitrogens with zero attached hydrogens (tertiary/aromatic N) is 2. The highest BCUT2D eigenvalue weighted by atomic mass is 16.3. The number of hydrogen-bond donors (Lipinski definition) is 1. The molecular formula is C24H30N2O4. The van der Waals surface area contributed by atoms with Gasteiger partial charge < -0.3 is 19.3 Å². The molecule has 160 valence electrons. The number of amides is 1. The first-order valence-corrected chi connectivity index (χ1v) is 10.5. The SMILES string of the molecule is CCN(CC)c1ccc(C2C(C(=O)CC(C)C)=C(O)C(=O)N2Cc2ccco2)cc1. The molecule has 2 aromatic rings. The molecule has 2 heterocycles. The minimum Gasteiger partial charge on any atom is -0.503 e. The molecule has 0 bridgehead atoms. The van der Waals surface area contributed by atoms with Crippen LogP contribution in [0.1, 0.15) is 51.5 Å². The van der Waals surface area contributed by atoms with Crippen molar-refractivity contribution in [2.24, 2.45) is 5.92 Å². The van der Waals surface area contributed by atoms with E-state index in [1.54, 1.807) is 18.4 Å². The Morgan fingerprint density at radius 2 is 1.83 bits per heavy atom. The summed E-state index contributed by atoms with van der Waals surface area (Å²) in [5.74, 6) is -0.479. The lowest BCUT2D eigenvalue weighted by Crippen LogP contribution is -2.30. The van der Waals surface area contributed by atoms with Gasteiger partial charge in [-0.25, -0.2) is 0 Å². The van der Waals surface area contributed by atoms with Crippen molar-refractivity contribution in [3.8, 4) is 0 Å². The summed E-state index contributed by atoms with van der Waals surface area (Å²) in [4.78, 5) is 29.6. The molecule has 0 saturated heterocycles. The highest BCUT2D eigenvalue weighted by Gasteiger charge is 2.43. The largest absolute Gasteiger partial charge is 0.503 e. The Kier molecular flexibility index (Phi) is 6.65. The maximum atomic E-state index is 13.0. The van der Waals surface area contributed by atoms with Crippen molar-refractivity contribution in [1.82, 2.24) is 4.90 Å². The average Bonchev–Trinajstić information content (AvgIpc) is 3.31. The number of aliphatic hydroxyl groups is 1. The van der Waals surface area contributed by atoms with E-state index < -0.39 is 17.7 Å². The Balaban J connectivity index is 2.01. The van der Waals surface area contributed by atoms with E-state index in [1.807, 2.05) is 38.1 Å². The highest BCUT2D eigenvalue weighted by molar-refractivity contribution is 6.09. The first-order valence-electron chi connectivity index (χ1n) is 10.5. The standard InChI is InChI=1S/C24H30N2O4/c1-5-25(6-2)18-11-9-17(10-12-18)22-21(20(27)14-16(3)4)23(28)24(29)26(22)15-19-8-7-13-30-19/h7-13,16,22,28H,5-6,14-15H2,1-4H3. The molecule has 6 nitrogen and oxygen atoms in total. The fourth-order valence-corrected chi connectivity index (χ4v) is 3.96. The summed E-state index contributed by atoms with van der Waals surface area (Å²) in [6.07, 6.45) is 1.82. The van der Waals surface area contributed by atoms with Gasteiger partial charge >= 0.3 is 0 Å². The maximum absolute atomic E-state index is 13.0. The third kappa shape index (κ3) is 4.27. The van der Waals surface area contributed by atoms with Crippen LogP contribution >= 0.6 is 0 Å². The van der Waals surface area contributed by atoms with E-state index in [9.17, 15) is 14.7 Å². The molecule has 6 heteroatoms. The fraction of sp³-hybridized carbons (Fsp3) is 0.417. The van der Waals surface area contributed by atoms with Crippen LogP contribution in [0.25, 0.3) is 0 Å². The van der Waals surface area contributed by atoms with Crippen molar-refractivity contribution in [2.45, 2.75) is 46.7 Å². The molecule has 0 aliphatic carbocycles. The van der Waals surface area contributed by atoms with E-state index in [-0.39, 0.29) is 30.2 Å². The van der Waals surface area contributed by atoms with Gasteiger partial charge in [-0.3, -0.25) is 9.59 Å². The zero-order valence-corrected chi connectivity index (χ0v) is 18.1. The second kappa shape index (κ2) is 9.20. The molecule has 1 aliphatic rings. The quantitative estimate of drug-likeness (QED) is 0.652. The highest BCUT2D eigenvalue weighted by Crippen LogP contribution is 2.40. The molecule has 0 fully saturated rings. The molecule has 1 aromatic heterocycles. The molecule has 1 atom stereocenters. The molecular weight excluding hydrogens is 380 g/mol. The van der Waals surface area contributed by atoms with Crippen molar-refractivity contribution < 1.29 is 19.1 Å². The Morgan fingerprint density at radius 3 is 2.37 bits per heavy atom. The van der Waals surface area contributed by atoms with Crippen LogP contribution in [-0.4, -0.2) is 34.8 Å². The van der Waals surface area contributed by atoms with Gasteiger partial charge in [-0.05, 0) is 49.6 Å². The van der Waals surface area contributed by atoms with E-state index in [0.717, 1.165) is 24.3 Å². The number of benzene rings is 1. The molecule has 1 amide bonds. The number of ketones is 1. The number of Topliss-reactive ketones (excluding diaryl/α,β-unsaturated/α-hetero) is 1. The molecule has 1 N–H and O–H groups in total. The number of hydrogen-bond acceptors (Lipinski definition) is 5. The van der Waals surface area contributed by atoms with Gasteiger partial charge in [-0.1, -0.05) is 26.0 Å². The molecule has 1 aromatic carbocycles. The first-order chi connectivity index (χ1) is 14.4. The number of anilines is 1. The van der Waals surface area contributed by atoms with E-state index in [1.165, 1.54) is 4.90 Å². The first kappa shape index (κ1) is 21.7. The third-order valence-electron chi connectivity index (χ3n) is 5.44. The minimum atomic E-state index is -0.639. The summed E-state index contributed by atoms with van der Waals surface area (Å²) in [5.41, 5.74) is 2.05. The Morgan fingerprint density at radius 1 is 1.17 bits per heavy atom. The van der Waals surface area contributed by atoms with Crippen molar-refractivity contribution in [1.29, 1.82) is 0 Å². The molecule has 0 radical (unpaired) electrons. The fourth-order valence-electron chi connectivity index (χ4n) is 3.96. The Labute approximate surface area is 177 Å². The van der Waals surface area contributed by atoms with Gasteiger partial charge in [0.25, 0.3) is 5.91 Å². The monoisotopic (exact) mass is 410 g/mol. The van der Waals surface area contributed by atoms with Crippen LogP contribution in [0.5, 0.6) is 0 Å². The van der Waals surface area contributed by atoms with E-state index in [4.69, 9.17) is 4.42 Å². The topological polar surface area (TPSA) is 74.0 Å². The number of carbonyl (C=O) groups is 2. The van der Waals surface area contributed by atoms with Crippen molar-refractivity contribution in [3.05, 3.63) is 65.3 Å². The average molecular weight is 411 g/mol. The van der Waals surface area contributed by atoms with Crippen molar-refractivity contribution in [2.75, 3.05) is 18.0 Å². The van der Waals surface area contributed by atoms with Crippen LogP contribution in [0.15, 0.2) is 58.4 Å². The van der Waals surface area contributed by atoms with Gasteiger partial charge in [0, 0.05) is 25.2 Å². The van der Waals surface area contributed by atoms with Gasteiger partial charge in [0.15, 0.2) is 11.5 Å². The second-order valence-electron chi connectivity index (χ2n) is 7.96. The molecule has 1 unspecified atom stereocenters. The third-order valence-corrected chi connectivity index (χ3v) is 5.44. The van der Waals surface area contributed by atoms with Gasteiger partial charge in [0.2, 0.25) is 0 Å². The lowest BCUT2D eigenvalue weighted by atomic mass is 9.92. The summed E-state index contributed by atoms with van der Waals surface area (Å²) in [6.45, 7) is 10.0. The van der Waals surface area contributed by atoms with Crippen LogP contribution in [0.4, 0.5) is 5.69 Å². The van der Waals surface area contributed by atoms with Crippen molar-refractivity contribution in [3.63, 3.8) is 0 Å². The van der Waals surface area contributed by atoms with Gasteiger partial charge in [0.1, 0.15) is 5.76 Å². The van der Waals surface area contributed by atoms with Gasteiger partial charge in [0.05, 0.1) is 24.4 Å². The summed E-state index contributed by atoms with van der Waals surface area (Å²) in [7, 11) is 0. The molecule has 0 saturated carbocycles. The predicted molar refractivity (Wildman–Crippen MR) is 116 cm³/mol. The number of carbonyl (C=O) groups excluding carboxylic acids is 2. The van der Waals surface area contributed by atoms with Crippen LogP contribution in [0, 0.1) is 5.92 Å². The zero-order chi connectivity index (χ0) is 21.8. The number of furan rings is 1. The van der Waals surface area contributed by atoms with Crippen LogP contribution in [0.2, 0.25) is 0 Å². The maximum Gasteiger partial charge on any atom is 0.290 e. The second-order valence-corrected chi connectivity index (χ2v) is 7.96.